The van der Waals surface area contributed by atoms with Gasteiger partial charge in [-0.2, -0.15) is 0 Å². The predicted octanol–water partition coefficient (Wildman–Crippen LogP) is 2.73. The van der Waals surface area contributed by atoms with Crippen LogP contribution in [-0.2, 0) is 13.0 Å². The molecular formula is C17H20N4. The van der Waals surface area contributed by atoms with Gasteiger partial charge in [-0.05, 0) is 37.8 Å². The van der Waals surface area contributed by atoms with Crippen LogP contribution in [0.15, 0.2) is 30.5 Å². The molecule has 0 unspecified atom stereocenters. The zero-order valence-electron chi connectivity index (χ0n) is 12.3. The van der Waals surface area contributed by atoms with Gasteiger partial charge in [0, 0.05) is 42.3 Å². The smallest absolute Gasteiger partial charge is 0.230 e. The highest BCUT2D eigenvalue weighted by molar-refractivity contribution is 5.65. The molecule has 0 bridgehead atoms. The highest BCUT2D eigenvalue weighted by Crippen LogP contribution is 2.32. The van der Waals surface area contributed by atoms with Crippen LogP contribution in [0.2, 0.25) is 0 Å². The van der Waals surface area contributed by atoms with E-state index >= 15 is 0 Å². The Morgan fingerprint density at radius 1 is 1.29 bits per heavy atom. The molecule has 0 radical (unpaired) electrons. The Kier molecular flexibility index (Phi) is 3.11. The van der Waals surface area contributed by atoms with Crippen molar-refractivity contribution < 1.29 is 0 Å². The van der Waals surface area contributed by atoms with Crippen LogP contribution >= 0.6 is 0 Å². The van der Waals surface area contributed by atoms with Crippen LogP contribution in [0.4, 0.5) is 11.6 Å². The third kappa shape index (κ3) is 2.51. The van der Waals surface area contributed by atoms with Crippen molar-refractivity contribution >= 4 is 11.6 Å². The number of fused-ring (bicyclic) bond motifs is 1. The van der Waals surface area contributed by atoms with Gasteiger partial charge < -0.3 is 10.2 Å². The summed E-state index contributed by atoms with van der Waals surface area (Å²) in [5, 5.41) is 3.52. The van der Waals surface area contributed by atoms with Crippen LogP contribution in [0, 0.1) is 6.92 Å². The van der Waals surface area contributed by atoms with E-state index < -0.39 is 0 Å². The summed E-state index contributed by atoms with van der Waals surface area (Å²) >= 11 is 0. The van der Waals surface area contributed by atoms with Crippen molar-refractivity contribution in [2.75, 3.05) is 11.4 Å². The van der Waals surface area contributed by atoms with E-state index in [0.717, 1.165) is 37.2 Å². The van der Waals surface area contributed by atoms with Crippen LogP contribution in [0.25, 0.3) is 0 Å². The van der Waals surface area contributed by atoms with Crippen LogP contribution in [0.3, 0.4) is 0 Å². The van der Waals surface area contributed by atoms with Gasteiger partial charge in [-0.1, -0.05) is 18.2 Å². The lowest BCUT2D eigenvalue weighted by Crippen LogP contribution is -2.20. The molecule has 1 aliphatic heterocycles. The molecule has 0 spiro atoms. The van der Waals surface area contributed by atoms with Gasteiger partial charge >= 0.3 is 0 Å². The fraction of sp³-hybridized carbons (Fsp3) is 0.412. The molecule has 4 rings (SSSR count). The monoisotopic (exact) mass is 280 g/mol. The first-order chi connectivity index (χ1) is 10.3. The van der Waals surface area contributed by atoms with Crippen molar-refractivity contribution in [1.29, 1.82) is 0 Å². The average molecular weight is 280 g/mol. The van der Waals surface area contributed by atoms with Crippen molar-refractivity contribution in [2.45, 2.75) is 38.8 Å². The minimum atomic E-state index is 0.717. The molecule has 4 heteroatoms. The summed E-state index contributed by atoms with van der Waals surface area (Å²) in [6.07, 6.45) is 5.67. The summed E-state index contributed by atoms with van der Waals surface area (Å²) in [6, 6.07) is 9.24. The van der Waals surface area contributed by atoms with E-state index in [1.807, 2.05) is 6.20 Å². The van der Waals surface area contributed by atoms with Gasteiger partial charge in [-0.3, -0.25) is 0 Å². The van der Waals surface area contributed by atoms with Gasteiger partial charge in [0.2, 0.25) is 5.95 Å². The second kappa shape index (κ2) is 5.11. The summed E-state index contributed by atoms with van der Waals surface area (Å²) < 4.78 is 0. The molecule has 1 N–H and O–H groups in total. The highest BCUT2D eigenvalue weighted by Gasteiger charge is 2.23. The SMILES string of the molecule is Cc1nc(N2CCc3ccccc32)ncc1CNC1CC1. The number of nitrogens with one attached hydrogen (secondary N) is 1. The van der Waals surface area contributed by atoms with Gasteiger partial charge in [-0.25, -0.2) is 9.97 Å². The van der Waals surface area contributed by atoms with Gasteiger partial charge in [-0.15, -0.1) is 0 Å². The molecule has 0 saturated heterocycles. The number of hydrogen-bond acceptors (Lipinski definition) is 4. The van der Waals surface area contributed by atoms with E-state index in [4.69, 9.17) is 4.98 Å². The van der Waals surface area contributed by atoms with E-state index in [-0.39, 0.29) is 0 Å². The lowest BCUT2D eigenvalue weighted by molar-refractivity contribution is 0.679. The first-order valence-electron chi connectivity index (χ1n) is 7.72. The van der Waals surface area contributed by atoms with Crippen molar-refractivity contribution in [3.63, 3.8) is 0 Å². The van der Waals surface area contributed by atoms with Gasteiger partial charge in [0.05, 0.1) is 0 Å². The normalized spacial score (nSPS) is 17.1. The fourth-order valence-electron chi connectivity index (χ4n) is 2.87. The number of para-hydroxylation sites is 1. The number of benzene rings is 1. The zero-order valence-corrected chi connectivity index (χ0v) is 12.3. The van der Waals surface area contributed by atoms with Crippen LogP contribution < -0.4 is 10.2 Å². The molecule has 4 nitrogen and oxygen atoms in total. The summed E-state index contributed by atoms with van der Waals surface area (Å²) in [5.74, 6) is 0.827. The Labute approximate surface area is 125 Å². The number of anilines is 2. The average Bonchev–Trinajstić information content (AvgIpc) is 3.23. The number of rotatable bonds is 4. The fourth-order valence-corrected chi connectivity index (χ4v) is 2.87. The maximum atomic E-state index is 4.73. The van der Waals surface area contributed by atoms with Crippen LogP contribution in [0.1, 0.15) is 29.7 Å². The van der Waals surface area contributed by atoms with Gasteiger partial charge in [0.1, 0.15) is 0 Å². The Bertz CT molecular complexity index is 664. The van der Waals surface area contributed by atoms with Crippen molar-refractivity contribution in [3.8, 4) is 0 Å². The standard InChI is InChI=1S/C17H20N4/c1-12-14(10-18-15-6-7-15)11-19-17(20-12)21-9-8-13-4-2-3-5-16(13)21/h2-5,11,15,18H,6-10H2,1H3. The third-order valence-corrected chi connectivity index (χ3v) is 4.36. The van der Waals surface area contributed by atoms with Crippen molar-refractivity contribution in [1.82, 2.24) is 15.3 Å². The first-order valence-corrected chi connectivity index (χ1v) is 7.72. The Morgan fingerprint density at radius 3 is 2.95 bits per heavy atom. The van der Waals surface area contributed by atoms with E-state index in [1.165, 1.54) is 29.7 Å². The predicted molar refractivity (Wildman–Crippen MR) is 83.8 cm³/mol. The molecule has 1 aromatic heterocycles. The first kappa shape index (κ1) is 12.8. The van der Waals surface area contributed by atoms with Gasteiger partial charge in [0.25, 0.3) is 0 Å². The number of aromatic nitrogens is 2. The Balaban J connectivity index is 1.57. The summed E-state index contributed by atoms with van der Waals surface area (Å²) in [4.78, 5) is 11.5. The number of aryl methyl sites for hydroxylation is 1. The zero-order chi connectivity index (χ0) is 14.2. The molecule has 1 aliphatic carbocycles. The summed E-state index contributed by atoms with van der Waals surface area (Å²) in [6.45, 7) is 3.93. The second-order valence-corrected chi connectivity index (χ2v) is 5.97. The molecule has 21 heavy (non-hydrogen) atoms. The molecule has 2 aliphatic rings. The largest absolute Gasteiger partial charge is 0.310 e. The molecule has 0 atom stereocenters. The van der Waals surface area contributed by atoms with E-state index in [9.17, 15) is 0 Å². The quantitative estimate of drug-likeness (QED) is 0.935. The van der Waals surface area contributed by atoms with Crippen molar-refractivity contribution in [3.05, 3.63) is 47.3 Å². The molecular weight excluding hydrogens is 260 g/mol. The number of hydrogen-bond donors (Lipinski definition) is 1. The molecule has 1 aromatic carbocycles. The molecule has 2 aromatic rings. The molecule has 1 fully saturated rings. The summed E-state index contributed by atoms with van der Waals surface area (Å²) in [7, 11) is 0. The molecule has 108 valence electrons. The molecule has 0 amide bonds. The van der Waals surface area contributed by atoms with E-state index in [2.05, 4.69) is 46.4 Å². The highest BCUT2D eigenvalue weighted by atomic mass is 15.3. The maximum absolute atomic E-state index is 4.73. The van der Waals surface area contributed by atoms with Crippen LogP contribution in [-0.4, -0.2) is 22.6 Å². The molecule has 1 saturated carbocycles. The lowest BCUT2D eigenvalue weighted by atomic mass is 10.2. The Morgan fingerprint density at radius 2 is 2.14 bits per heavy atom. The maximum Gasteiger partial charge on any atom is 0.230 e. The minimum Gasteiger partial charge on any atom is -0.310 e. The van der Waals surface area contributed by atoms with E-state index in [1.54, 1.807) is 0 Å². The Hall–Kier alpha value is -1.94. The van der Waals surface area contributed by atoms with Crippen molar-refractivity contribution in [2.24, 2.45) is 0 Å². The van der Waals surface area contributed by atoms with Crippen LogP contribution in [0.5, 0.6) is 0 Å². The number of nitrogens with zero attached hydrogens (tertiary/aromatic N) is 3. The third-order valence-electron chi connectivity index (χ3n) is 4.36. The summed E-state index contributed by atoms with van der Waals surface area (Å²) in [5.41, 5.74) is 4.93. The molecule has 2 heterocycles. The second-order valence-electron chi connectivity index (χ2n) is 5.97. The van der Waals surface area contributed by atoms with Gasteiger partial charge in [0.15, 0.2) is 0 Å². The minimum absolute atomic E-state index is 0.717. The van der Waals surface area contributed by atoms with E-state index in [0.29, 0.717) is 0 Å². The lowest BCUT2D eigenvalue weighted by Gasteiger charge is -2.18. The topological polar surface area (TPSA) is 41.1 Å².